The molecule has 3 amide bonds. The van der Waals surface area contributed by atoms with Gasteiger partial charge in [-0.15, -0.1) is 0 Å². The molecule has 1 aliphatic carbocycles. The van der Waals surface area contributed by atoms with E-state index in [9.17, 15) is 14.4 Å². The third kappa shape index (κ3) is 3.98. The summed E-state index contributed by atoms with van der Waals surface area (Å²) in [5, 5.41) is 9.08. The summed E-state index contributed by atoms with van der Waals surface area (Å²) < 4.78 is 0. The lowest BCUT2D eigenvalue weighted by Crippen LogP contribution is -2.56. The number of likely N-dealkylation sites (N-methyl/N-ethyl adjacent to an activating group) is 1. The Morgan fingerprint density at radius 1 is 0.941 bits per heavy atom. The lowest BCUT2D eigenvalue weighted by atomic mass is 9.87. The molecule has 7 nitrogen and oxygen atoms in total. The molecule has 3 aliphatic rings. The summed E-state index contributed by atoms with van der Waals surface area (Å²) in [5.74, 6) is -0.552. The second-order valence-corrected chi connectivity index (χ2v) is 9.62. The van der Waals surface area contributed by atoms with Gasteiger partial charge in [-0.05, 0) is 68.3 Å². The topological polar surface area (TPSA) is 90.5 Å². The first kappa shape index (κ1) is 22.6. The minimum absolute atomic E-state index is 0.0466. The highest BCUT2D eigenvalue weighted by Crippen LogP contribution is 2.39. The first-order valence-electron chi connectivity index (χ1n) is 12.3. The van der Waals surface area contributed by atoms with Crippen LogP contribution in [-0.2, 0) is 33.6 Å². The lowest BCUT2D eigenvalue weighted by Gasteiger charge is -2.31. The van der Waals surface area contributed by atoms with Gasteiger partial charge in [-0.1, -0.05) is 42.5 Å². The van der Waals surface area contributed by atoms with E-state index in [0.29, 0.717) is 19.3 Å². The molecule has 0 saturated heterocycles. The van der Waals surface area contributed by atoms with Crippen molar-refractivity contribution >= 4 is 23.4 Å². The maximum atomic E-state index is 13.7. The van der Waals surface area contributed by atoms with Crippen LogP contribution in [0.5, 0.6) is 0 Å². The van der Waals surface area contributed by atoms with Gasteiger partial charge < -0.3 is 16.0 Å². The van der Waals surface area contributed by atoms with E-state index in [-0.39, 0.29) is 23.8 Å². The Bertz CT molecular complexity index is 1130. The molecule has 0 spiro atoms. The fourth-order valence-electron chi connectivity index (χ4n) is 5.57. The second kappa shape index (κ2) is 9.22. The third-order valence-corrected chi connectivity index (χ3v) is 7.54. The van der Waals surface area contributed by atoms with Gasteiger partial charge in [0.2, 0.25) is 17.7 Å². The SMILES string of the molecule is CN[C@@H](C)C(=O)N[C@H]1CCc2cccc3c2N(C1=O)[C@H](C(=O)N[C@@H]1CCCc2ccccc21)C3. The summed E-state index contributed by atoms with van der Waals surface area (Å²) in [6, 6.07) is 12.6. The first-order valence-corrected chi connectivity index (χ1v) is 12.3. The highest BCUT2D eigenvalue weighted by Gasteiger charge is 2.44. The zero-order valence-electron chi connectivity index (χ0n) is 19.8. The van der Waals surface area contributed by atoms with Gasteiger partial charge in [0.25, 0.3) is 0 Å². The van der Waals surface area contributed by atoms with Crippen molar-refractivity contribution in [1.29, 1.82) is 0 Å². The van der Waals surface area contributed by atoms with Crippen LogP contribution >= 0.6 is 0 Å². The molecule has 0 saturated carbocycles. The lowest BCUT2D eigenvalue weighted by molar-refractivity contribution is -0.130. The van der Waals surface area contributed by atoms with Gasteiger partial charge in [-0.2, -0.15) is 0 Å². The monoisotopic (exact) mass is 460 g/mol. The molecule has 0 aromatic heterocycles. The molecule has 178 valence electrons. The molecule has 4 atom stereocenters. The number of amides is 3. The van der Waals surface area contributed by atoms with Crippen molar-refractivity contribution in [2.75, 3.05) is 11.9 Å². The smallest absolute Gasteiger partial charge is 0.250 e. The highest BCUT2D eigenvalue weighted by molar-refractivity contribution is 6.08. The van der Waals surface area contributed by atoms with E-state index in [1.165, 1.54) is 11.1 Å². The maximum absolute atomic E-state index is 13.7. The summed E-state index contributed by atoms with van der Waals surface area (Å²) in [6.07, 6.45) is 4.62. The molecule has 3 N–H and O–H groups in total. The summed E-state index contributed by atoms with van der Waals surface area (Å²) in [7, 11) is 1.71. The summed E-state index contributed by atoms with van der Waals surface area (Å²) >= 11 is 0. The standard InChI is InChI=1S/C27H32N4O3/c1-16(28-2)25(32)30-22-14-13-18-9-5-10-19-15-23(31(24(18)19)27(22)34)26(33)29-21-12-6-8-17-7-3-4-11-20(17)21/h3-5,7,9-11,16,21-23,28H,6,8,12-15H2,1-2H3,(H,29,33)(H,30,32)/t16-,21+,22-,23-/m0/s1. The first-order chi connectivity index (χ1) is 16.5. The molecular formula is C27H32N4O3. The van der Waals surface area contributed by atoms with E-state index in [0.717, 1.165) is 36.1 Å². The van der Waals surface area contributed by atoms with Crippen molar-refractivity contribution in [3.63, 3.8) is 0 Å². The number of hydrogen-bond acceptors (Lipinski definition) is 4. The number of nitrogens with zero attached hydrogens (tertiary/aromatic N) is 1. The zero-order valence-corrected chi connectivity index (χ0v) is 19.8. The summed E-state index contributed by atoms with van der Waals surface area (Å²) in [6.45, 7) is 1.76. The van der Waals surface area contributed by atoms with Crippen LogP contribution in [0.2, 0.25) is 0 Å². The Morgan fingerprint density at radius 2 is 1.71 bits per heavy atom. The van der Waals surface area contributed by atoms with Crippen molar-refractivity contribution in [1.82, 2.24) is 16.0 Å². The van der Waals surface area contributed by atoms with Crippen LogP contribution in [0, 0.1) is 0 Å². The fraction of sp³-hybridized carbons (Fsp3) is 0.444. The normalized spacial score (nSPS) is 24.0. The second-order valence-electron chi connectivity index (χ2n) is 9.62. The Balaban J connectivity index is 1.42. The van der Waals surface area contributed by atoms with Crippen LogP contribution in [-0.4, -0.2) is 42.9 Å². The van der Waals surface area contributed by atoms with Crippen molar-refractivity contribution < 1.29 is 14.4 Å². The van der Waals surface area contributed by atoms with Crippen LogP contribution in [0.1, 0.15) is 54.5 Å². The van der Waals surface area contributed by atoms with Crippen LogP contribution in [0.4, 0.5) is 5.69 Å². The third-order valence-electron chi connectivity index (χ3n) is 7.54. The molecule has 2 aromatic carbocycles. The fourth-order valence-corrected chi connectivity index (χ4v) is 5.57. The number of benzene rings is 2. The number of fused-ring (bicyclic) bond motifs is 1. The van der Waals surface area contributed by atoms with E-state index in [4.69, 9.17) is 0 Å². The van der Waals surface area contributed by atoms with Gasteiger partial charge in [0, 0.05) is 6.42 Å². The number of carbonyl (C=O) groups excluding carboxylic acids is 3. The Hall–Kier alpha value is -3.19. The van der Waals surface area contributed by atoms with E-state index in [1.54, 1.807) is 18.9 Å². The van der Waals surface area contributed by atoms with Gasteiger partial charge >= 0.3 is 0 Å². The number of carbonyl (C=O) groups is 3. The van der Waals surface area contributed by atoms with Gasteiger partial charge in [0.15, 0.2) is 0 Å². The van der Waals surface area contributed by atoms with Crippen LogP contribution < -0.4 is 20.9 Å². The molecule has 5 rings (SSSR count). The number of aryl methyl sites for hydroxylation is 2. The van der Waals surface area contributed by atoms with E-state index < -0.39 is 18.1 Å². The molecule has 2 heterocycles. The van der Waals surface area contributed by atoms with E-state index in [2.05, 4.69) is 28.1 Å². The molecule has 0 bridgehead atoms. The average molecular weight is 461 g/mol. The van der Waals surface area contributed by atoms with Gasteiger partial charge in [-0.25, -0.2) is 0 Å². The zero-order chi connectivity index (χ0) is 23.8. The van der Waals surface area contributed by atoms with E-state index >= 15 is 0 Å². The Kier molecular flexibility index (Phi) is 6.13. The van der Waals surface area contributed by atoms with Gasteiger partial charge in [0.05, 0.1) is 17.8 Å². The molecule has 34 heavy (non-hydrogen) atoms. The number of anilines is 1. The molecule has 0 radical (unpaired) electrons. The largest absolute Gasteiger partial charge is 0.347 e. The van der Waals surface area contributed by atoms with Crippen LogP contribution in [0.3, 0.4) is 0 Å². The number of para-hydroxylation sites is 1. The molecule has 7 heteroatoms. The Morgan fingerprint density at radius 3 is 2.53 bits per heavy atom. The minimum atomic E-state index is -0.660. The number of hydrogen-bond donors (Lipinski definition) is 3. The predicted molar refractivity (Wildman–Crippen MR) is 130 cm³/mol. The molecule has 2 aromatic rings. The van der Waals surface area contributed by atoms with Gasteiger partial charge in [0.1, 0.15) is 12.1 Å². The van der Waals surface area contributed by atoms with Crippen molar-refractivity contribution in [3.8, 4) is 0 Å². The quantitative estimate of drug-likeness (QED) is 0.638. The molecule has 0 unspecified atom stereocenters. The summed E-state index contributed by atoms with van der Waals surface area (Å²) in [5.41, 5.74) is 5.39. The summed E-state index contributed by atoms with van der Waals surface area (Å²) in [4.78, 5) is 41.6. The van der Waals surface area contributed by atoms with E-state index in [1.807, 2.05) is 30.3 Å². The minimum Gasteiger partial charge on any atom is -0.347 e. The van der Waals surface area contributed by atoms with Crippen molar-refractivity contribution in [2.24, 2.45) is 0 Å². The van der Waals surface area contributed by atoms with Crippen molar-refractivity contribution in [3.05, 3.63) is 64.7 Å². The maximum Gasteiger partial charge on any atom is 0.250 e. The molecule has 0 fully saturated rings. The predicted octanol–water partition coefficient (Wildman–Crippen LogP) is 2.18. The molecule has 2 aliphatic heterocycles. The highest BCUT2D eigenvalue weighted by atomic mass is 16.2. The number of nitrogens with one attached hydrogen (secondary N) is 3. The van der Waals surface area contributed by atoms with Crippen LogP contribution in [0.15, 0.2) is 42.5 Å². The van der Waals surface area contributed by atoms with Gasteiger partial charge in [-0.3, -0.25) is 19.3 Å². The molecular weight excluding hydrogens is 428 g/mol. The average Bonchev–Trinajstić information content (AvgIpc) is 3.19. The number of rotatable bonds is 5. The van der Waals surface area contributed by atoms with Crippen LogP contribution in [0.25, 0.3) is 0 Å². The van der Waals surface area contributed by atoms with Crippen molar-refractivity contribution in [2.45, 2.75) is 69.6 Å². The Labute approximate surface area is 200 Å².